The van der Waals surface area contributed by atoms with E-state index in [-0.39, 0.29) is 12.1 Å². The van der Waals surface area contributed by atoms with E-state index in [1.54, 1.807) is 4.90 Å². The van der Waals surface area contributed by atoms with E-state index in [1.807, 2.05) is 73.7 Å². The van der Waals surface area contributed by atoms with Crippen LogP contribution in [0.5, 0.6) is 0 Å². The van der Waals surface area contributed by atoms with Crippen LogP contribution >= 0.6 is 0 Å². The van der Waals surface area contributed by atoms with E-state index < -0.39 is 0 Å². The summed E-state index contributed by atoms with van der Waals surface area (Å²) in [7, 11) is 0. The topological polar surface area (TPSA) is 71.3 Å². The number of anilines is 1. The maximum atomic E-state index is 13.1. The van der Waals surface area contributed by atoms with Crippen LogP contribution in [0.3, 0.4) is 0 Å². The van der Waals surface area contributed by atoms with Gasteiger partial charge in [0.1, 0.15) is 6.04 Å². The molecule has 6 nitrogen and oxygen atoms in total. The van der Waals surface area contributed by atoms with E-state index in [4.69, 9.17) is 4.52 Å². The van der Waals surface area contributed by atoms with Gasteiger partial charge in [0.2, 0.25) is 11.7 Å². The van der Waals surface area contributed by atoms with Gasteiger partial charge >= 0.3 is 6.03 Å². The van der Waals surface area contributed by atoms with Gasteiger partial charge in [-0.05, 0) is 37.3 Å². The van der Waals surface area contributed by atoms with Gasteiger partial charge in [0.25, 0.3) is 0 Å². The second-order valence-electron chi connectivity index (χ2n) is 7.63. The second kappa shape index (κ2) is 7.63. The fraction of sp³-hybridized carbons (Fsp3) is 0.208. The van der Waals surface area contributed by atoms with Crippen LogP contribution in [0, 0.1) is 6.92 Å². The van der Waals surface area contributed by atoms with Crippen LogP contribution in [0.2, 0.25) is 0 Å². The van der Waals surface area contributed by atoms with Gasteiger partial charge in [0, 0.05) is 17.5 Å². The number of urea groups is 1. The molecular weight excluding hydrogens is 376 g/mol. The van der Waals surface area contributed by atoms with Crippen LogP contribution in [0.4, 0.5) is 10.5 Å². The zero-order chi connectivity index (χ0) is 20.5. The van der Waals surface area contributed by atoms with E-state index in [9.17, 15) is 4.79 Å². The summed E-state index contributed by atoms with van der Waals surface area (Å²) >= 11 is 0. The van der Waals surface area contributed by atoms with Crippen LogP contribution in [-0.4, -0.2) is 27.6 Å². The predicted octanol–water partition coefficient (Wildman–Crippen LogP) is 5.57. The molecule has 0 aliphatic carbocycles. The third-order valence-electron chi connectivity index (χ3n) is 5.55. The summed E-state index contributed by atoms with van der Waals surface area (Å²) < 4.78 is 5.56. The lowest BCUT2D eigenvalue weighted by Crippen LogP contribution is -2.34. The number of benzene rings is 3. The van der Waals surface area contributed by atoms with Gasteiger partial charge in [0.15, 0.2) is 0 Å². The van der Waals surface area contributed by atoms with Gasteiger partial charge in [-0.2, -0.15) is 4.98 Å². The number of nitrogens with zero attached hydrogens (tertiary/aromatic N) is 3. The molecule has 2 heterocycles. The molecule has 1 aromatic heterocycles. The van der Waals surface area contributed by atoms with Crippen molar-refractivity contribution in [1.29, 1.82) is 0 Å². The largest absolute Gasteiger partial charge is 0.337 e. The molecule has 1 atom stereocenters. The molecule has 1 saturated heterocycles. The summed E-state index contributed by atoms with van der Waals surface area (Å²) in [6.45, 7) is 2.68. The highest BCUT2D eigenvalue weighted by Gasteiger charge is 2.34. The van der Waals surface area contributed by atoms with Gasteiger partial charge in [-0.15, -0.1) is 0 Å². The molecule has 0 saturated carbocycles. The highest BCUT2D eigenvalue weighted by Crippen LogP contribution is 2.33. The molecule has 1 unspecified atom stereocenters. The van der Waals surface area contributed by atoms with E-state index in [0.717, 1.165) is 40.4 Å². The van der Waals surface area contributed by atoms with Gasteiger partial charge in [0.05, 0.1) is 5.69 Å². The molecule has 5 rings (SSSR count). The number of aromatic nitrogens is 2. The van der Waals surface area contributed by atoms with Gasteiger partial charge in [-0.3, -0.25) is 0 Å². The van der Waals surface area contributed by atoms with Crippen LogP contribution in [-0.2, 0) is 0 Å². The number of hydrogen-bond acceptors (Lipinski definition) is 4. The number of rotatable bonds is 3. The third kappa shape index (κ3) is 3.41. The zero-order valence-corrected chi connectivity index (χ0v) is 16.7. The van der Waals surface area contributed by atoms with E-state index in [0.29, 0.717) is 18.3 Å². The molecule has 1 aliphatic heterocycles. The zero-order valence-electron chi connectivity index (χ0n) is 16.7. The number of hydrogen-bond donors (Lipinski definition) is 1. The number of carbonyl (C=O) groups excluding carboxylic acids is 1. The highest BCUT2D eigenvalue weighted by molar-refractivity contribution is 6.01. The van der Waals surface area contributed by atoms with E-state index >= 15 is 0 Å². The van der Waals surface area contributed by atoms with Crippen molar-refractivity contribution in [2.45, 2.75) is 25.8 Å². The quantitative estimate of drug-likeness (QED) is 0.490. The Kier molecular flexibility index (Phi) is 4.67. The molecular formula is C24H22N4O2. The van der Waals surface area contributed by atoms with Crippen molar-refractivity contribution in [3.05, 3.63) is 78.2 Å². The van der Waals surface area contributed by atoms with Crippen LogP contribution in [0.15, 0.2) is 71.3 Å². The average Bonchev–Trinajstić information content (AvgIpc) is 3.44. The lowest BCUT2D eigenvalue weighted by Gasteiger charge is -2.22. The monoisotopic (exact) mass is 398 g/mol. The van der Waals surface area contributed by atoms with Crippen LogP contribution in [0.1, 0.15) is 30.3 Å². The first-order valence-electron chi connectivity index (χ1n) is 10.1. The molecule has 4 aromatic rings. The SMILES string of the molecule is Cc1cccc(-c2noc(C3CCCN3C(=O)Nc3cccc4ccccc34)n2)c1. The molecule has 0 spiro atoms. The molecule has 6 heteroatoms. The molecule has 1 aliphatic rings. The van der Waals surface area contributed by atoms with Gasteiger partial charge in [-0.25, -0.2) is 4.79 Å². The van der Waals surface area contributed by atoms with Gasteiger partial charge in [-0.1, -0.05) is 65.3 Å². The van der Waals surface area contributed by atoms with E-state index in [2.05, 4.69) is 15.5 Å². The van der Waals surface area contributed by atoms with Crippen molar-refractivity contribution in [1.82, 2.24) is 15.0 Å². The highest BCUT2D eigenvalue weighted by atomic mass is 16.5. The molecule has 3 aromatic carbocycles. The minimum atomic E-state index is -0.217. The maximum absolute atomic E-state index is 13.1. The second-order valence-corrected chi connectivity index (χ2v) is 7.63. The molecule has 1 fully saturated rings. The van der Waals surface area contributed by atoms with Crippen molar-refractivity contribution >= 4 is 22.5 Å². The lowest BCUT2D eigenvalue weighted by atomic mass is 10.1. The van der Waals surface area contributed by atoms with Crippen LogP contribution < -0.4 is 5.32 Å². The Balaban J connectivity index is 1.38. The van der Waals surface area contributed by atoms with Crippen LogP contribution in [0.25, 0.3) is 22.2 Å². The first-order chi connectivity index (χ1) is 14.7. The minimum absolute atomic E-state index is 0.149. The lowest BCUT2D eigenvalue weighted by molar-refractivity contribution is 0.193. The number of aryl methyl sites for hydroxylation is 1. The Labute approximate surface area is 174 Å². The Morgan fingerprint density at radius 3 is 2.83 bits per heavy atom. The number of carbonyl (C=O) groups is 1. The Morgan fingerprint density at radius 1 is 1.10 bits per heavy atom. The summed E-state index contributed by atoms with van der Waals surface area (Å²) in [6.07, 6.45) is 1.70. The number of nitrogens with one attached hydrogen (secondary N) is 1. The van der Waals surface area contributed by atoms with Crippen molar-refractivity contribution in [3.8, 4) is 11.4 Å². The minimum Gasteiger partial charge on any atom is -0.337 e. The fourth-order valence-corrected chi connectivity index (χ4v) is 4.06. The normalized spacial score (nSPS) is 16.2. The van der Waals surface area contributed by atoms with Crippen molar-refractivity contribution < 1.29 is 9.32 Å². The summed E-state index contributed by atoms with van der Waals surface area (Å²) in [5, 5.41) is 9.32. The van der Waals surface area contributed by atoms with E-state index in [1.165, 1.54) is 0 Å². The molecule has 2 amide bonds. The molecule has 1 N–H and O–H groups in total. The number of fused-ring (bicyclic) bond motifs is 1. The smallest absolute Gasteiger partial charge is 0.322 e. The summed E-state index contributed by atoms with van der Waals surface area (Å²) in [5.41, 5.74) is 2.85. The molecule has 0 radical (unpaired) electrons. The van der Waals surface area contributed by atoms with Gasteiger partial charge < -0.3 is 14.7 Å². The van der Waals surface area contributed by atoms with Crippen molar-refractivity contribution in [3.63, 3.8) is 0 Å². The number of amides is 2. The first kappa shape index (κ1) is 18.4. The van der Waals surface area contributed by atoms with Crippen molar-refractivity contribution in [2.24, 2.45) is 0 Å². The first-order valence-corrected chi connectivity index (χ1v) is 10.1. The summed E-state index contributed by atoms with van der Waals surface area (Å²) in [6, 6.07) is 21.5. The fourth-order valence-electron chi connectivity index (χ4n) is 4.06. The average molecular weight is 398 g/mol. The predicted molar refractivity (Wildman–Crippen MR) is 116 cm³/mol. The Hall–Kier alpha value is -3.67. The Bertz CT molecular complexity index is 1210. The standard InChI is InChI=1S/C24H22N4O2/c1-16-7-4-10-18(15-16)22-26-23(30-27-22)21-13-6-14-28(21)24(29)25-20-12-5-9-17-8-2-3-11-19(17)20/h2-5,7-12,15,21H,6,13-14H2,1H3,(H,25,29). The number of likely N-dealkylation sites (tertiary alicyclic amines) is 1. The molecule has 0 bridgehead atoms. The van der Waals surface area contributed by atoms with Crippen molar-refractivity contribution in [2.75, 3.05) is 11.9 Å². The molecule has 150 valence electrons. The maximum Gasteiger partial charge on any atom is 0.322 e. The Morgan fingerprint density at radius 2 is 1.93 bits per heavy atom. The summed E-state index contributed by atoms with van der Waals surface area (Å²) in [4.78, 5) is 19.5. The summed E-state index contributed by atoms with van der Waals surface area (Å²) in [5.74, 6) is 1.03. The molecule has 30 heavy (non-hydrogen) atoms. The third-order valence-corrected chi connectivity index (χ3v) is 5.55.